The summed E-state index contributed by atoms with van der Waals surface area (Å²) < 4.78 is 0. The van der Waals surface area contributed by atoms with E-state index < -0.39 is 5.97 Å². The van der Waals surface area contributed by atoms with Gasteiger partial charge in [0.25, 0.3) is 0 Å². The van der Waals surface area contributed by atoms with Crippen molar-refractivity contribution in [3.63, 3.8) is 0 Å². The molecule has 1 aromatic heterocycles. The summed E-state index contributed by atoms with van der Waals surface area (Å²) >= 11 is 1.51. The number of thiophene rings is 1. The zero-order chi connectivity index (χ0) is 15.5. The van der Waals surface area contributed by atoms with Gasteiger partial charge in [-0.15, -0.1) is 11.3 Å². The molecule has 1 fully saturated rings. The zero-order valence-corrected chi connectivity index (χ0v) is 12.9. The number of ketones is 1. The fourth-order valence-electron chi connectivity index (χ4n) is 2.64. The van der Waals surface area contributed by atoms with Crippen molar-refractivity contribution in [3.8, 4) is 0 Å². The molecule has 0 radical (unpaired) electrons. The quantitative estimate of drug-likeness (QED) is 0.875. The highest BCUT2D eigenvalue weighted by Gasteiger charge is 2.17. The second-order valence-corrected chi connectivity index (χ2v) is 6.46. The van der Waals surface area contributed by atoms with Crippen LogP contribution in [0.4, 0.5) is 5.00 Å². The first kappa shape index (κ1) is 14.8. The lowest BCUT2D eigenvalue weighted by molar-refractivity contribution is 0.0696. The number of carboxylic acids is 1. The Balaban J connectivity index is 1.77. The van der Waals surface area contributed by atoms with Crippen LogP contribution in [0.2, 0.25) is 0 Å². The van der Waals surface area contributed by atoms with Crippen molar-refractivity contribution < 1.29 is 14.7 Å². The summed E-state index contributed by atoms with van der Waals surface area (Å²) in [6.45, 7) is 2.11. The molecule has 1 N–H and O–H groups in total. The van der Waals surface area contributed by atoms with Crippen LogP contribution in [0.3, 0.4) is 0 Å². The summed E-state index contributed by atoms with van der Waals surface area (Å²) in [5.74, 6) is -1.03. The van der Waals surface area contributed by atoms with E-state index in [1.165, 1.54) is 42.7 Å². The van der Waals surface area contributed by atoms with E-state index in [2.05, 4.69) is 4.90 Å². The Bertz CT molecular complexity index is 684. The van der Waals surface area contributed by atoms with Crippen molar-refractivity contribution in [2.24, 2.45) is 0 Å². The highest BCUT2D eigenvalue weighted by Crippen LogP contribution is 2.29. The van der Waals surface area contributed by atoms with E-state index in [0.29, 0.717) is 10.4 Å². The maximum Gasteiger partial charge on any atom is 0.335 e. The van der Waals surface area contributed by atoms with E-state index in [9.17, 15) is 9.59 Å². The molecule has 2 heterocycles. The Labute approximate surface area is 133 Å². The molecular formula is C17H17NO3S. The number of rotatable bonds is 4. The molecule has 0 unspecified atom stereocenters. The third kappa shape index (κ3) is 3.04. The van der Waals surface area contributed by atoms with E-state index in [-0.39, 0.29) is 11.3 Å². The van der Waals surface area contributed by atoms with E-state index in [0.717, 1.165) is 18.1 Å². The number of hydrogen-bond acceptors (Lipinski definition) is 4. The van der Waals surface area contributed by atoms with E-state index in [1.807, 2.05) is 12.1 Å². The molecule has 0 amide bonds. The van der Waals surface area contributed by atoms with Crippen molar-refractivity contribution in [2.75, 3.05) is 18.0 Å². The number of benzene rings is 1. The van der Waals surface area contributed by atoms with Gasteiger partial charge >= 0.3 is 5.97 Å². The van der Waals surface area contributed by atoms with E-state index in [1.54, 1.807) is 12.1 Å². The largest absolute Gasteiger partial charge is 0.478 e. The second kappa shape index (κ2) is 6.32. The summed E-state index contributed by atoms with van der Waals surface area (Å²) in [5, 5.41) is 10.0. The molecule has 5 heteroatoms. The highest BCUT2D eigenvalue weighted by atomic mass is 32.1. The highest BCUT2D eigenvalue weighted by molar-refractivity contribution is 7.18. The van der Waals surface area contributed by atoms with Gasteiger partial charge in [0, 0.05) is 18.7 Å². The van der Waals surface area contributed by atoms with Gasteiger partial charge in [-0.25, -0.2) is 4.79 Å². The molecule has 0 atom stereocenters. The van der Waals surface area contributed by atoms with Crippen LogP contribution in [0.1, 0.15) is 44.9 Å². The van der Waals surface area contributed by atoms with Crippen LogP contribution in [-0.4, -0.2) is 29.9 Å². The van der Waals surface area contributed by atoms with Gasteiger partial charge in [0.15, 0.2) is 0 Å². The number of nitrogens with zero attached hydrogens (tertiary/aromatic N) is 1. The second-order valence-electron chi connectivity index (χ2n) is 5.40. The SMILES string of the molecule is O=C(O)c1ccc(C(=O)c2ccc(N3CCCCC3)s2)cc1. The lowest BCUT2D eigenvalue weighted by Crippen LogP contribution is -2.28. The fraction of sp³-hybridized carbons (Fsp3) is 0.294. The topological polar surface area (TPSA) is 57.6 Å². The van der Waals surface area contributed by atoms with Crippen LogP contribution in [0, 0.1) is 0 Å². The first-order valence-electron chi connectivity index (χ1n) is 7.38. The average molecular weight is 315 g/mol. The summed E-state index contributed by atoms with van der Waals surface area (Å²) in [4.78, 5) is 26.3. The third-order valence-corrected chi connectivity index (χ3v) is 5.02. The Morgan fingerprint density at radius 2 is 1.55 bits per heavy atom. The van der Waals surface area contributed by atoms with Gasteiger partial charge in [0.1, 0.15) is 0 Å². The molecule has 1 aliphatic heterocycles. The minimum Gasteiger partial charge on any atom is -0.478 e. The Morgan fingerprint density at radius 1 is 0.909 bits per heavy atom. The van der Waals surface area contributed by atoms with Crippen LogP contribution >= 0.6 is 11.3 Å². The predicted octanol–water partition coefficient (Wildman–Crippen LogP) is 3.67. The van der Waals surface area contributed by atoms with Crippen LogP contribution in [-0.2, 0) is 0 Å². The molecule has 0 aliphatic carbocycles. The molecule has 2 aromatic rings. The average Bonchev–Trinajstić information content (AvgIpc) is 3.05. The molecule has 4 nitrogen and oxygen atoms in total. The molecule has 22 heavy (non-hydrogen) atoms. The lowest BCUT2D eigenvalue weighted by Gasteiger charge is -2.27. The van der Waals surface area contributed by atoms with Crippen molar-refractivity contribution in [3.05, 3.63) is 52.4 Å². The minimum absolute atomic E-state index is 0.0507. The molecule has 1 saturated heterocycles. The molecule has 0 saturated carbocycles. The van der Waals surface area contributed by atoms with Gasteiger partial charge in [-0.2, -0.15) is 0 Å². The smallest absolute Gasteiger partial charge is 0.335 e. The summed E-state index contributed by atoms with van der Waals surface area (Å²) in [5.41, 5.74) is 0.716. The molecule has 114 valence electrons. The normalized spacial score (nSPS) is 14.8. The van der Waals surface area contributed by atoms with E-state index >= 15 is 0 Å². The molecule has 1 aliphatic rings. The molecule has 1 aromatic carbocycles. The van der Waals surface area contributed by atoms with Crippen LogP contribution in [0.5, 0.6) is 0 Å². The van der Waals surface area contributed by atoms with Gasteiger partial charge in [-0.1, -0.05) is 12.1 Å². The molecular weight excluding hydrogens is 298 g/mol. The number of piperidine rings is 1. The van der Waals surface area contributed by atoms with Gasteiger partial charge < -0.3 is 10.0 Å². The van der Waals surface area contributed by atoms with Gasteiger partial charge in [-0.3, -0.25) is 4.79 Å². The number of carboxylic acid groups (broad SMARTS) is 1. The van der Waals surface area contributed by atoms with Crippen LogP contribution < -0.4 is 4.90 Å². The maximum absolute atomic E-state index is 12.5. The first-order chi connectivity index (χ1) is 10.6. The minimum atomic E-state index is -0.984. The molecule has 0 bridgehead atoms. The molecule has 3 rings (SSSR count). The van der Waals surface area contributed by atoms with Gasteiger partial charge in [-0.05, 0) is 43.5 Å². The standard InChI is InChI=1S/C17H17NO3S/c19-16(12-4-6-13(7-5-12)17(20)21)14-8-9-15(22-14)18-10-2-1-3-11-18/h4-9H,1-3,10-11H2,(H,20,21). The first-order valence-corrected chi connectivity index (χ1v) is 8.19. The molecule has 0 spiro atoms. The Morgan fingerprint density at radius 3 is 2.18 bits per heavy atom. The summed E-state index contributed by atoms with van der Waals surface area (Å²) in [6.07, 6.45) is 3.69. The van der Waals surface area contributed by atoms with Gasteiger partial charge in [0.05, 0.1) is 15.4 Å². The number of carbonyl (C=O) groups is 2. The van der Waals surface area contributed by atoms with Crippen molar-refractivity contribution in [2.45, 2.75) is 19.3 Å². The monoisotopic (exact) mass is 315 g/mol. The summed E-state index contributed by atoms with van der Waals surface area (Å²) in [7, 11) is 0. The van der Waals surface area contributed by atoms with Crippen LogP contribution in [0.25, 0.3) is 0 Å². The Hall–Kier alpha value is -2.14. The zero-order valence-electron chi connectivity index (χ0n) is 12.1. The third-order valence-electron chi connectivity index (χ3n) is 3.88. The van der Waals surface area contributed by atoms with Crippen molar-refractivity contribution in [1.82, 2.24) is 0 Å². The maximum atomic E-state index is 12.5. The van der Waals surface area contributed by atoms with Crippen LogP contribution in [0.15, 0.2) is 36.4 Å². The van der Waals surface area contributed by atoms with E-state index in [4.69, 9.17) is 5.11 Å². The summed E-state index contributed by atoms with van der Waals surface area (Å²) in [6, 6.07) is 9.96. The number of hydrogen-bond donors (Lipinski definition) is 1. The Kier molecular flexibility index (Phi) is 4.24. The van der Waals surface area contributed by atoms with Crippen molar-refractivity contribution >= 4 is 28.1 Å². The van der Waals surface area contributed by atoms with Gasteiger partial charge in [0.2, 0.25) is 5.78 Å². The fourth-order valence-corrected chi connectivity index (χ4v) is 3.66. The predicted molar refractivity (Wildman–Crippen MR) is 87.2 cm³/mol. The number of carbonyl (C=O) groups excluding carboxylic acids is 1. The van der Waals surface area contributed by atoms with Crippen molar-refractivity contribution in [1.29, 1.82) is 0 Å². The lowest BCUT2D eigenvalue weighted by atomic mass is 10.1. The number of aromatic carboxylic acids is 1. The number of anilines is 1.